The molecule has 3 rings (SSSR count). The minimum absolute atomic E-state index is 0.0132. The maximum absolute atomic E-state index is 13.0. The molecule has 0 aliphatic carbocycles. The molecule has 3 aromatic carbocycles. The van der Waals surface area contributed by atoms with E-state index in [1.807, 2.05) is 6.07 Å². The maximum atomic E-state index is 13.0. The van der Waals surface area contributed by atoms with Crippen molar-refractivity contribution in [1.82, 2.24) is 0 Å². The Kier molecular flexibility index (Phi) is 7.37. The molecule has 0 unspecified atom stereocenters. The lowest BCUT2D eigenvalue weighted by molar-refractivity contribution is -0.111. The van der Waals surface area contributed by atoms with Gasteiger partial charge in [-0.1, -0.05) is 49.4 Å². The Bertz CT molecular complexity index is 1190. The summed E-state index contributed by atoms with van der Waals surface area (Å²) in [5, 5.41) is 2.77. The van der Waals surface area contributed by atoms with Crippen LogP contribution in [0.3, 0.4) is 0 Å². The number of carbonyl (C=O) groups is 1. The number of nitrogens with one attached hydrogen (secondary N) is 1. The van der Waals surface area contributed by atoms with Crippen LogP contribution in [0, 0.1) is 0 Å². The molecule has 0 aliphatic heterocycles. The first-order chi connectivity index (χ1) is 15.3. The van der Waals surface area contributed by atoms with E-state index in [9.17, 15) is 22.0 Å². The predicted octanol–water partition coefficient (Wildman–Crippen LogP) is 5.26. The number of halogens is 2. The molecule has 0 aromatic heterocycles. The van der Waals surface area contributed by atoms with E-state index in [0.717, 1.165) is 0 Å². The number of amides is 1. The summed E-state index contributed by atoms with van der Waals surface area (Å²) in [5.41, 5.74) is 2.05. The van der Waals surface area contributed by atoms with Gasteiger partial charge in [0.1, 0.15) is 5.75 Å². The van der Waals surface area contributed by atoms with E-state index in [0.29, 0.717) is 22.4 Å². The molecular weight excluding hydrogens is 436 g/mol. The fourth-order valence-corrected chi connectivity index (χ4v) is 3.80. The summed E-state index contributed by atoms with van der Waals surface area (Å²) in [6, 6.07) is 20.8. The summed E-state index contributed by atoms with van der Waals surface area (Å²) in [6.07, 6.45) is 1.63. The number of alkyl halides is 2. The second kappa shape index (κ2) is 10.2. The second-order valence-electron chi connectivity index (χ2n) is 6.75. The molecule has 0 fully saturated rings. The largest absolute Gasteiger partial charge is 0.435 e. The SMILES string of the molecule is CCS(=O)(=O)c1ccc(NC(=O)/C(=C/c2ccc(OC(F)F)cc2)c2ccccc2)cc1. The third-order valence-corrected chi connectivity index (χ3v) is 6.35. The van der Waals surface area contributed by atoms with Crippen molar-refractivity contribution in [2.75, 3.05) is 11.1 Å². The summed E-state index contributed by atoms with van der Waals surface area (Å²) in [6.45, 7) is -1.35. The molecule has 1 N–H and O–H groups in total. The van der Waals surface area contributed by atoms with E-state index in [1.165, 1.54) is 36.4 Å². The van der Waals surface area contributed by atoms with Gasteiger partial charge in [0, 0.05) is 11.3 Å². The van der Waals surface area contributed by atoms with Crippen molar-refractivity contribution in [2.24, 2.45) is 0 Å². The van der Waals surface area contributed by atoms with Crippen LogP contribution in [0.4, 0.5) is 14.5 Å². The van der Waals surface area contributed by atoms with E-state index >= 15 is 0 Å². The van der Waals surface area contributed by atoms with Crippen LogP contribution in [0.5, 0.6) is 5.75 Å². The molecule has 3 aromatic rings. The lowest BCUT2D eigenvalue weighted by Crippen LogP contribution is -2.14. The number of carbonyl (C=O) groups excluding carboxylic acids is 1. The Morgan fingerprint density at radius 2 is 1.59 bits per heavy atom. The summed E-state index contributed by atoms with van der Waals surface area (Å²) >= 11 is 0. The first-order valence-electron chi connectivity index (χ1n) is 9.74. The van der Waals surface area contributed by atoms with Crippen molar-refractivity contribution in [2.45, 2.75) is 18.4 Å². The molecule has 0 saturated carbocycles. The first-order valence-corrected chi connectivity index (χ1v) is 11.4. The average molecular weight is 457 g/mol. The second-order valence-corrected chi connectivity index (χ2v) is 9.03. The van der Waals surface area contributed by atoms with Gasteiger partial charge in [0.05, 0.1) is 10.6 Å². The summed E-state index contributed by atoms with van der Waals surface area (Å²) in [4.78, 5) is 13.2. The van der Waals surface area contributed by atoms with Gasteiger partial charge in [-0.3, -0.25) is 4.79 Å². The highest BCUT2D eigenvalue weighted by molar-refractivity contribution is 7.91. The Balaban J connectivity index is 1.88. The van der Waals surface area contributed by atoms with E-state index in [2.05, 4.69) is 10.1 Å². The molecule has 0 aliphatic rings. The summed E-state index contributed by atoms with van der Waals surface area (Å²) in [7, 11) is -3.34. The molecule has 166 valence electrons. The van der Waals surface area contributed by atoms with Gasteiger partial charge < -0.3 is 10.1 Å². The molecule has 0 saturated heterocycles. The van der Waals surface area contributed by atoms with Crippen molar-refractivity contribution in [1.29, 1.82) is 0 Å². The zero-order valence-corrected chi connectivity index (χ0v) is 18.0. The van der Waals surface area contributed by atoms with Crippen LogP contribution >= 0.6 is 0 Å². The van der Waals surface area contributed by atoms with Crippen LogP contribution < -0.4 is 10.1 Å². The molecule has 1 amide bonds. The van der Waals surface area contributed by atoms with Crippen molar-refractivity contribution in [3.63, 3.8) is 0 Å². The number of hydrogen-bond acceptors (Lipinski definition) is 4. The number of rotatable bonds is 8. The molecule has 0 radical (unpaired) electrons. The first kappa shape index (κ1) is 23.1. The minimum Gasteiger partial charge on any atom is -0.435 e. The van der Waals surface area contributed by atoms with E-state index < -0.39 is 22.4 Å². The number of sulfone groups is 1. The van der Waals surface area contributed by atoms with Gasteiger partial charge in [-0.05, 0) is 53.6 Å². The highest BCUT2D eigenvalue weighted by Gasteiger charge is 2.15. The summed E-state index contributed by atoms with van der Waals surface area (Å²) in [5.74, 6) is -0.402. The van der Waals surface area contributed by atoms with E-state index in [4.69, 9.17) is 0 Å². The van der Waals surface area contributed by atoms with Gasteiger partial charge in [0.25, 0.3) is 5.91 Å². The predicted molar refractivity (Wildman–Crippen MR) is 120 cm³/mol. The Labute approximate surface area is 185 Å². The number of ether oxygens (including phenoxy) is 1. The van der Waals surface area contributed by atoms with Gasteiger partial charge in [-0.2, -0.15) is 8.78 Å². The Hall–Kier alpha value is -3.52. The van der Waals surface area contributed by atoms with E-state index in [1.54, 1.807) is 49.4 Å². The molecule has 0 spiro atoms. The Morgan fingerprint density at radius 1 is 0.969 bits per heavy atom. The Morgan fingerprint density at radius 3 is 2.16 bits per heavy atom. The van der Waals surface area contributed by atoms with Crippen LogP contribution in [-0.2, 0) is 14.6 Å². The quantitative estimate of drug-likeness (QED) is 0.370. The van der Waals surface area contributed by atoms with Crippen molar-refractivity contribution in [3.8, 4) is 5.75 Å². The molecule has 0 bridgehead atoms. The van der Waals surface area contributed by atoms with Gasteiger partial charge >= 0.3 is 6.61 Å². The number of benzene rings is 3. The van der Waals surface area contributed by atoms with Crippen LogP contribution in [0.1, 0.15) is 18.1 Å². The van der Waals surface area contributed by atoms with Crippen LogP contribution in [0.2, 0.25) is 0 Å². The van der Waals surface area contributed by atoms with Crippen molar-refractivity contribution >= 4 is 33.1 Å². The van der Waals surface area contributed by atoms with Gasteiger partial charge in [0.2, 0.25) is 0 Å². The number of hydrogen-bond donors (Lipinski definition) is 1. The highest BCUT2D eigenvalue weighted by Crippen LogP contribution is 2.23. The topological polar surface area (TPSA) is 72.5 Å². The van der Waals surface area contributed by atoms with Crippen LogP contribution in [0.25, 0.3) is 11.6 Å². The average Bonchev–Trinajstić information content (AvgIpc) is 2.79. The molecule has 0 atom stereocenters. The summed E-state index contributed by atoms with van der Waals surface area (Å²) < 4.78 is 53.0. The fourth-order valence-electron chi connectivity index (χ4n) is 2.92. The zero-order valence-electron chi connectivity index (χ0n) is 17.2. The zero-order chi connectivity index (χ0) is 23.1. The molecule has 8 heteroatoms. The standard InChI is InChI=1S/C24H21F2NO4S/c1-2-32(29,30)21-14-10-19(11-15-21)27-23(28)22(18-6-4-3-5-7-18)16-17-8-12-20(13-9-17)31-24(25)26/h3-16,24H,2H2,1H3,(H,27,28)/b22-16+. The fraction of sp³-hybridized carbons (Fsp3) is 0.125. The van der Waals surface area contributed by atoms with Crippen molar-refractivity contribution in [3.05, 3.63) is 90.0 Å². The minimum atomic E-state index is -3.34. The lowest BCUT2D eigenvalue weighted by atomic mass is 10.0. The third-order valence-electron chi connectivity index (χ3n) is 4.60. The molecule has 0 heterocycles. The van der Waals surface area contributed by atoms with Gasteiger partial charge in [-0.15, -0.1) is 0 Å². The maximum Gasteiger partial charge on any atom is 0.387 e. The van der Waals surface area contributed by atoms with E-state index in [-0.39, 0.29) is 16.4 Å². The van der Waals surface area contributed by atoms with Gasteiger partial charge in [0.15, 0.2) is 9.84 Å². The smallest absolute Gasteiger partial charge is 0.387 e. The molecule has 5 nitrogen and oxygen atoms in total. The normalized spacial score (nSPS) is 11.9. The van der Waals surface area contributed by atoms with Crippen LogP contribution in [-0.4, -0.2) is 26.7 Å². The monoisotopic (exact) mass is 457 g/mol. The number of anilines is 1. The van der Waals surface area contributed by atoms with Gasteiger partial charge in [-0.25, -0.2) is 8.42 Å². The molecule has 32 heavy (non-hydrogen) atoms. The third kappa shape index (κ3) is 6.01. The highest BCUT2D eigenvalue weighted by atomic mass is 32.2. The van der Waals surface area contributed by atoms with Crippen molar-refractivity contribution < 1.29 is 26.7 Å². The van der Waals surface area contributed by atoms with Crippen LogP contribution in [0.15, 0.2) is 83.8 Å². The lowest BCUT2D eigenvalue weighted by Gasteiger charge is -2.11. The molecular formula is C24H21F2NO4S.